The van der Waals surface area contributed by atoms with Crippen LogP contribution in [0, 0.1) is 5.92 Å². The van der Waals surface area contributed by atoms with E-state index in [0.29, 0.717) is 49.0 Å². The maximum Gasteiger partial charge on any atom is 0.295 e. The summed E-state index contributed by atoms with van der Waals surface area (Å²) in [6.07, 6.45) is 0.512. The Morgan fingerprint density at radius 3 is 2.43 bits per heavy atom. The van der Waals surface area contributed by atoms with Gasteiger partial charge in [0.15, 0.2) is 11.5 Å². The zero-order chi connectivity index (χ0) is 25.5. The first-order valence-electron chi connectivity index (χ1n) is 11.7. The van der Waals surface area contributed by atoms with E-state index in [1.54, 1.807) is 50.4 Å². The van der Waals surface area contributed by atoms with Gasteiger partial charge in [-0.15, -0.1) is 0 Å². The number of aliphatic hydroxyl groups excluding tert-OH is 1. The molecule has 2 aromatic carbocycles. The van der Waals surface area contributed by atoms with Gasteiger partial charge < -0.3 is 29.3 Å². The van der Waals surface area contributed by atoms with E-state index in [2.05, 4.69) is 0 Å². The molecule has 0 spiro atoms. The molecule has 1 heterocycles. The summed E-state index contributed by atoms with van der Waals surface area (Å²) in [4.78, 5) is 27.5. The summed E-state index contributed by atoms with van der Waals surface area (Å²) < 4.78 is 16.3. The Bertz CT molecular complexity index is 1080. The van der Waals surface area contributed by atoms with Crippen molar-refractivity contribution in [1.29, 1.82) is 0 Å². The fourth-order valence-corrected chi connectivity index (χ4v) is 3.94. The number of amides is 1. The van der Waals surface area contributed by atoms with Crippen LogP contribution in [0.3, 0.4) is 0 Å². The molecule has 1 atom stereocenters. The van der Waals surface area contributed by atoms with E-state index in [1.807, 2.05) is 13.8 Å². The number of likely N-dealkylation sites (tertiary alicyclic amines) is 1. The van der Waals surface area contributed by atoms with Crippen LogP contribution in [0.25, 0.3) is 5.76 Å². The summed E-state index contributed by atoms with van der Waals surface area (Å²) in [7, 11) is 1.56. The largest absolute Gasteiger partial charge is 0.507 e. The first kappa shape index (κ1) is 26.1. The predicted octanol–water partition coefficient (Wildman–Crippen LogP) is 4.28. The molecule has 8 heteroatoms. The molecule has 2 aromatic rings. The van der Waals surface area contributed by atoms with Crippen LogP contribution >= 0.6 is 0 Å². The van der Waals surface area contributed by atoms with Crippen molar-refractivity contribution in [2.45, 2.75) is 33.2 Å². The number of carbonyl (C=O) groups is 2. The van der Waals surface area contributed by atoms with Gasteiger partial charge in [0.05, 0.1) is 24.8 Å². The number of ether oxygens (including phenoxy) is 3. The van der Waals surface area contributed by atoms with Crippen LogP contribution in [0.4, 0.5) is 0 Å². The maximum atomic E-state index is 13.1. The molecule has 3 rings (SSSR count). The predicted molar refractivity (Wildman–Crippen MR) is 132 cm³/mol. The van der Waals surface area contributed by atoms with Crippen molar-refractivity contribution >= 4 is 17.4 Å². The number of methoxy groups -OCH3 is 1. The third-order valence-electron chi connectivity index (χ3n) is 5.60. The molecule has 0 saturated carbocycles. The number of carbonyl (C=O) groups excluding carboxylic acids is 2. The number of phenols is 1. The molecule has 1 unspecified atom stereocenters. The van der Waals surface area contributed by atoms with Gasteiger partial charge >= 0.3 is 0 Å². The van der Waals surface area contributed by atoms with Crippen molar-refractivity contribution < 1.29 is 34.0 Å². The molecule has 35 heavy (non-hydrogen) atoms. The second kappa shape index (κ2) is 11.8. The Hall–Kier alpha value is -3.52. The summed E-state index contributed by atoms with van der Waals surface area (Å²) in [5.74, 6) is -0.547. The second-order valence-electron chi connectivity index (χ2n) is 8.73. The lowest BCUT2D eigenvalue weighted by atomic mass is 9.95. The highest BCUT2D eigenvalue weighted by Crippen LogP contribution is 2.42. The molecule has 2 N–H and O–H groups in total. The van der Waals surface area contributed by atoms with Crippen molar-refractivity contribution in [3.63, 3.8) is 0 Å². The zero-order valence-electron chi connectivity index (χ0n) is 20.6. The summed E-state index contributed by atoms with van der Waals surface area (Å²) in [6.45, 7) is 7.44. The first-order chi connectivity index (χ1) is 16.8. The number of hydrogen-bond donors (Lipinski definition) is 2. The number of benzene rings is 2. The maximum absolute atomic E-state index is 13.1. The highest BCUT2D eigenvalue weighted by Gasteiger charge is 2.46. The Kier molecular flexibility index (Phi) is 8.76. The number of ketones is 1. The summed E-state index contributed by atoms with van der Waals surface area (Å²) in [5, 5.41) is 21.3. The van der Waals surface area contributed by atoms with Gasteiger partial charge in [-0.2, -0.15) is 0 Å². The van der Waals surface area contributed by atoms with Gasteiger partial charge in [0, 0.05) is 25.8 Å². The van der Waals surface area contributed by atoms with E-state index in [9.17, 15) is 19.8 Å². The van der Waals surface area contributed by atoms with Crippen LogP contribution in [-0.2, 0) is 14.3 Å². The molecular weight excluding hydrogens is 450 g/mol. The van der Waals surface area contributed by atoms with E-state index >= 15 is 0 Å². The Morgan fingerprint density at radius 2 is 1.80 bits per heavy atom. The van der Waals surface area contributed by atoms with Gasteiger partial charge in [-0.1, -0.05) is 19.9 Å². The molecule has 1 fully saturated rings. The van der Waals surface area contributed by atoms with Gasteiger partial charge in [0.25, 0.3) is 11.7 Å². The monoisotopic (exact) mass is 483 g/mol. The van der Waals surface area contributed by atoms with Gasteiger partial charge in [-0.3, -0.25) is 9.59 Å². The van der Waals surface area contributed by atoms with E-state index in [0.717, 1.165) is 0 Å². The minimum Gasteiger partial charge on any atom is -0.507 e. The highest BCUT2D eigenvalue weighted by molar-refractivity contribution is 6.46. The van der Waals surface area contributed by atoms with Crippen molar-refractivity contribution in [3.05, 3.63) is 59.2 Å². The number of aromatic hydroxyl groups is 1. The van der Waals surface area contributed by atoms with Gasteiger partial charge in [-0.25, -0.2) is 0 Å². The minimum atomic E-state index is -0.844. The average molecular weight is 484 g/mol. The number of nitrogens with zero attached hydrogens (tertiary/aromatic N) is 1. The molecule has 188 valence electrons. The fraction of sp³-hybridized carbons (Fsp3) is 0.407. The van der Waals surface area contributed by atoms with E-state index in [-0.39, 0.29) is 29.4 Å². The normalized spacial score (nSPS) is 17.3. The minimum absolute atomic E-state index is 0.0172. The summed E-state index contributed by atoms with van der Waals surface area (Å²) >= 11 is 0. The van der Waals surface area contributed by atoms with Gasteiger partial charge in [0.1, 0.15) is 11.5 Å². The number of phenolic OH excluding ortho intramolecular Hbond substituents is 1. The van der Waals surface area contributed by atoms with Crippen LogP contribution in [-0.4, -0.2) is 60.3 Å². The molecule has 1 saturated heterocycles. The van der Waals surface area contributed by atoms with Crippen molar-refractivity contribution in [2.24, 2.45) is 5.92 Å². The molecule has 0 aliphatic carbocycles. The summed E-state index contributed by atoms with van der Waals surface area (Å²) in [6, 6.07) is 10.6. The molecule has 0 bridgehead atoms. The lowest BCUT2D eigenvalue weighted by Crippen LogP contribution is -2.31. The quantitative estimate of drug-likeness (QED) is 0.213. The third kappa shape index (κ3) is 5.95. The molecule has 1 aliphatic heterocycles. The number of Topliss-reactive ketones (excluding diaryl/α,β-unsaturated/α-hetero) is 1. The molecule has 0 radical (unpaired) electrons. The van der Waals surface area contributed by atoms with Crippen LogP contribution in [0.2, 0.25) is 0 Å². The molecule has 0 aromatic heterocycles. The van der Waals surface area contributed by atoms with E-state index < -0.39 is 17.7 Å². The lowest BCUT2D eigenvalue weighted by Gasteiger charge is -2.25. The average Bonchev–Trinajstić information content (AvgIpc) is 3.09. The van der Waals surface area contributed by atoms with Crippen LogP contribution < -0.4 is 9.47 Å². The molecule has 1 aliphatic rings. The van der Waals surface area contributed by atoms with Crippen molar-refractivity contribution in [2.75, 3.05) is 33.5 Å². The van der Waals surface area contributed by atoms with Gasteiger partial charge in [0.2, 0.25) is 0 Å². The Balaban J connectivity index is 2.06. The van der Waals surface area contributed by atoms with Crippen LogP contribution in [0.5, 0.6) is 17.2 Å². The van der Waals surface area contributed by atoms with Crippen molar-refractivity contribution in [3.8, 4) is 17.2 Å². The second-order valence-corrected chi connectivity index (χ2v) is 8.73. The topological polar surface area (TPSA) is 106 Å². The SMILES string of the molecule is CCOc1cc(C2C(=C(O)c3ccc(OCC(C)C)cc3)C(=O)C(=O)N2CCCOC)ccc1O. The Labute approximate surface area is 205 Å². The van der Waals surface area contributed by atoms with Crippen LogP contribution in [0.15, 0.2) is 48.0 Å². The summed E-state index contributed by atoms with van der Waals surface area (Å²) in [5.41, 5.74) is 0.920. The number of hydrogen-bond acceptors (Lipinski definition) is 7. The molecule has 8 nitrogen and oxygen atoms in total. The zero-order valence-corrected chi connectivity index (χ0v) is 20.6. The lowest BCUT2D eigenvalue weighted by molar-refractivity contribution is -0.140. The van der Waals surface area contributed by atoms with Crippen LogP contribution in [0.1, 0.15) is 44.4 Å². The number of rotatable bonds is 11. The van der Waals surface area contributed by atoms with E-state index in [4.69, 9.17) is 14.2 Å². The standard InChI is InChI=1S/C27H33NO7/c1-5-34-22-15-19(9-12-21(22)29)24-23(26(31)27(32)28(24)13-6-14-33-4)25(30)18-7-10-20(11-8-18)35-16-17(2)3/h7-12,15,17,24,29-30H,5-6,13-14,16H2,1-4H3. The smallest absolute Gasteiger partial charge is 0.295 e. The molecule has 1 amide bonds. The Morgan fingerprint density at radius 1 is 1.09 bits per heavy atom. The first-order valence-corrected chi connectivity index (χ1v) is 11.7. The van der Waals surface area contributed by atoms with Crippen molar-refractivity contribution in [1.82, 2.24) is 4.90 Å². The highest BCUT2D eigenvalue weighted by atomic mass is 16.5. The molecular formula is C27H33NO7. The number of aliphatic hydroxyl groups is 1. The fourth-order valence-electron chi connectivity index (χ4n) is 3.94. The van der Waals surface area contributed by atoms with E-state index in [1.165, 1.54) is 11.0 Å². The third-order valence-corrected chi connectivity index (χ3v) is 5.60. The van der Waals surface area contributed by atoms with Gasteiger partial charge in [-0.05, 0) is 61.2 Å².